The van der Waals surface area contributed by atoms with E-state index in [-0.39, 0.29) is 6.10 Å². The van der Waals surface area contributed by atoms with Gasteiger partial charge in [0.05, 0.1) is 0 Å². The molecule has 2 atom stereocenters. The lowest BCUT2D eigenvalue weighted by Gasteiger charge is -2.31. The second-order valence-corrected chi connectivity index (χ2v) is 5.60. The van der Waals surface area contributed by atoms with Crippen LogP contribution in [-0.4, -0.2) is 24.2 Å². The molecular formula is C12H16BrClN2O. The van der Waals surface area contributed by atoms with Crippen molar-refractivity contribution in [2.45, 2.75) is 37.8 Å². The van der Waals surface area contributed by atoms with Gasteiger partial charge in [-0.25, -0.2) is 4.98 Å². The van der Waals surface area contributed by atoms with Gasteiger partial charge in [-0.3, -0.25) is 0 Å². The Morgan fingerprint density at radius 1 is 1.47 bits per heavy atom. The van der Waals surface area contributed by atoms with Crippen molar-refractivity contribution in [1.82, 2.24) is 10.3 Å². The predicted molar refractivity (Wildman–Crippen MR) is 72.7 cm³/mol. The smallest absolute Gasteiger partial charge is 0.232 e. The zero-order chi connectivity index (χ0) is 12.3. The van der Waals surface area contributed by atoms with Crippen LogP contribution in [0.1, 0.15) is 25.7 Å². The van der Waals surface area contributed by atoms with Crippen molar-refractivity contribution in [2.24, 2.45) is 0 Å². The zero-order valence-electron chi connectivity index (χ0n) is 9.75. The van der Waals surface area contributed by atoms with Crippen LogP contribution in [0.2, 0.25) is 5.02 Å². The minimum Gasteiger partial charge on any atom is -0.472 e. The maximum Gasteiger partial charge on any atom is 0.232 e. The Morgan fingerprint density at radius 2 is 2.24 bits per heavy atom. The highest BCUT2D eigenvalue weighted by Gasteiger charge is 2.26. The molecule has 2 rings (SSSR count). The number of ether oxygens (including phenoxy) is 1. The zero-order valence-corrected chi connectivity index (χ0v) is 12.1. The highest BCUT2D eigenvalue weighted by Crippen LogP contribution is 2.29. The highest BCUT2D eigenvalue weighted by atomic mass is 79.9. The molecule has 1 saturated carbocycles. The van der Waals surface area contributed by atoms with Gasteiger partial charge in [-0.2, -0.15) is 0 Å². The first-order chi connectivity index (χ1) is 8.20. The van der Waals surface area contributed by atoms with E-state index in [2.05, 4.69) is 26.2 Å². The van der Waals surface area contributed by atoms with Gasteiger partial charge >= 0.3 is 0 Å². The summed E-state index contributed by atoms with van der Waals surface area (Å²) in [4.78, 5) is 4.21. The van der Waals surface area contributed by atoms with Crippen molar-refractivity contribution in [1.29, 1.82) is 0 Å². The summed E-state index contributed by atoms with van der Waals surface area (Å²) in [6.45, 7) is 0. The van der Waals surface area contributed by atoms with Gasteiger partial charge in [-0.15, -0.1) is 0 Å². The summed E-state index contributed by atoms with van der Waals surface area (Å²) >= 11 is 9.43. The van der Waals surface area contributed by atoms with Gasteiger partial charge in [0, 0.05) is 16.7 Å². The van der Waals surface area contributed by atoms with Crippen LogP contribution in [-0.2, 0) is 0 Å². The summed E-state index contributed by atoms with van der Waals surface area (Å²) in [6, 6.07) is 2.20. The molecule has 1 aromatic rings. The minimum atomic E-state index is 0.167. The molecule has 1 aliphatic rings. The monoisotopic (exact) mass is 318 g/mol. The first-order valence-corrected chi connectivity index (χ1v) is 7.03. The summed E-state index contributed by atoms with van der Waals surface area (Å²) in [7, 11) is 1.98. The van der Waals surface area contributed by atoms with Crippen molar-refractivity contribution in [3.05, 3.63) is 21.8 Å². The standard InChI is InChI=1S/C12H16BrClN2O/c1-15-10-4-2-3-5-11(10)17-12-9(14)6-8(13)7-16-12/h6-7,10-11,15H,2-5H2,1H3. The lowest BCUT2D eigenvalue weighted by Crippen LogP contribution is -2.43. The fourth-order valence-corrected chi connectivity index (χ4v) is 2.87. The number of aromatic nitrogens is 1. The molecule has 1 heterocycles. The number of halogens is 2. The lowest BCUT2D eigenvalue weighted by atomic mass is 9.92. The van der Waals surface area contributed by atoms with Crippen molar-refractivity contribution in [3.63, 3.8) is 0 Å². The number of rotatable bonds is 3. The second kappa shape index (κ2) is 6.03. The first kappa shape index (κ1) is 13.1. The molecule has 0 spiro atoms. The van der Waals surface area contributed by atoms with Crippen LogP contribution in [0.5, 0.6) is 5.88 Å². The fraction of sp³-hybridized carbons (Fsp3) is 0.583. The molecule has 3 nitrogen and oxygen atoms in total. The molecule has 0 aromatic carbocycles. The van der Waals surface area contributed by atoms with Crippen molar-refractivity contribution in [2.75, 3.05) is 7.05 Å². The van der Waals surface area contributed by atoms with E-state index in [9.17, 15) is 0 Å². The Kier molecular flexibility index (Phi) is 4.65. The van der Waals surface area contributed by atoms with E-state index < -0.39 is 0 Å². The third-order valence-electron chi connectivity index (χ3n) is 3.11. The molecule has 2 unspecified atom stereocenters. The average Bonchev–Trinajstić information content (AvgIpc) is 2.33. The molecule has 94 valence electrons. The molecule has 1 N–H and O–H groups in total. The van der Waals surface area contributed by atoms with Crippen LogP contribution in [0.4, 0.5) is 0 Å². The van der Waals surface area contributed by atoms with Crippen LogP contribution < -0.4 is 10.1 Å². The van der Waals surface area contributed by atoms with Crippen LogP contribution >= 0.6 is 27.5 Å². The van der Waals surface area contributed by atoms with Gasteiger partial charge in [0.1, 0.15) is 11.1 Å². The third kappa shape index (κ3) is 3.33. The Balaban J connectivity index is 2.08. The number of pyridine rings is 1. The van der Waals surface area contributed by atoms with E-state index in [4.69, 9.17) is 16.3 Å². The van der Waals surface area contributed by atoms with E-state index in [0.29, 0.717) is 16.9 Å². The summed E-state index contributed by atoms with van der Waals surface area (Å²) in [5, 5.41) is 3.86. The molecule has 0 saturated heterocycles. The van der Waals surface area contributed by atoms with E-state index in [0.717, 1.165) is 17.3 Å². The molecule has 1 aromatic heterocycles. The number of nitrogens with zero attached hydrogens (tertiary/aromatic N) is 1. The van der Waals surface area contributed by atoms with Crippen molar-refractivity contribution in [3.8, 4) is 5.88 Å². The fourth-order valence-electron chi connectivity index (χ4n) is 2.20. The topological polar surface area (TPSA) is 34.1 Å². The van der Waals surface area contributed by atoms with Crippen LogP contribution in [0.3, 0.4) is 0 Å². The minimum absolute atomic E-state index is 0.167. The van der Waals surface area contributed by atoms with Crippen LogP contribution in [0.25, 0.3) is 0 Å². The number of hydrogen-bond donors (Lipinski definition) is 1. The molecule has 0 amide bonds. The maximum atomic E-state index is 6.10. The normalized spacial score (nSPS) is 24.6. The van der Waals surface area contributed by atoms with Gasteiger partial charge in [0.2, 0.25) is 5.88 Å². The quantitative estimate of drug-likeness (QED) is 0.927. The van der Waals surface area contributed by atoms with Crippen LogP contribution in [0, 0.1) is 0 Å². The van der Waals surface area contributed by atoms with Crippen LogP contribution in [0.15, 0.2) is 16.7 Å². The molecule has 5 heteroatoms. The van der Waals surface area contributed by atoms with Gasteiger partial charge in [0.25, 0.3) is 0 Å². The summed E-state index contributed by atoms with van der Waals surface area (Å²) in [5.74, 6) is 0.530. The maximum absolute atomic E-state index is 6.10. The highest BCUT2D eigenvalue weighted by molar-refractivity contribution is 9.10. The van der Waals surface area contributed by atoms with E-state index >= 15 is 0 Å². The molecular weight excluding hydrogens is 304 g/mol. The van der Waals surface area contributed by atoms with Crippen molar-refractivity contribution >= 4 is 27.5 Å². The molecule has 1 aliphatic carbocycles. The summed E-state index contributed by atoms with van der Waals surface area (Å²) < 4.78 is 6.78. The largest absolute Gasteiger partial charge is 0.472 e. The molecule has 17 heavy (non-hydrogen) atoms. The molecule has 1 fully saturated rings. The van der Waals surface area contributed by atoms with Gasteiger partial charge in [0.15, 0.2) is 0 Å². The first-order valence-electron chi connectivity index (χ1n) is 5.85. The van der Waals surface area contributed by atoms with E-state index in [1.54, 1.807) is 12.3 Å². The predicted octanol–water partition coefficient (Wildman–Crippen LogP) is 3.41. The Bertz CT molecular complexity index is 389. The number of likely N-dealkylation sites (N-methyl/N-ethyl adjacent to an activating group) is 1. The van der Waals surface area contributed by atoms with Gasteiger partial charge < -0.3 is 10.1 Å². The lowest BCUT2D eigenvalue weighted by molar-refractivity contribution is 0.113. The third-order valence-corrected chi connectivity index (χ3v) is 3.81. The molecule has 0 aliphatic heterocycles. The van der Waals surface area contributed by atoms with E-state index in [1.165, 1.54) is 12.8 Å². The van der Waals surface area contributed by atoms with Gasteiger partial charge in [-0.1, -0.05) is 18.0 Å². The van der Waals surface area contributed by atoms with Gasteiger partial charge in [-0.05, 0) is 48.3 Å². The average molecular weight is 320 g/mol. The second-order valence-electron chi connectivity index (χ2n) is 4.28. The molecule has 0 bridgehead atoms. The molecule has 0 radical (unpaired) electrons. The Labute approximate surface area is 115 Å². The number of nitrogens with one attached hydrogen (secondary N) is 1. The Hall–Kier alpha value is -0.320. The van der Waals surface area contributed by atoms with E-state index in [1.807, 2.05) is 7.05 Å². The SMILES string of the molecule is CNC1CCCCC1Oc1ncc(Br)cc1Cl. The summed E-state index contributed by atoms with van der Waals surface area (Å²) in [5.41, 5.74) is 0. The summed E-state index contributed by atoms with van der Waals surface area (Å²) in [6.07, 6.45) is 6.54. The number of hydrogen-bond acceptors (Lipinski definition) is 3. The van der Waals surface area contributed by atoms with Crippen molar-refractivity contribution < 1.29 is 4.74 Å². The Morgan fingerprint density at radius 3 is 2.94 bits per heavy atom.